The zero-order valence-electron chi connectivity index (χ0n) is 26.0. The molecule has 2 aromatic carbocycles. The zero-order chi connectivity index (χ0) is 33.8. The number of nitrogens with zero attached hydrogens (tertiary/aromatic N) is 1. The molecule has 0 saturated carbocycles. The Hall–Kier alpha value is -4.75. The summed E-state index contributed by atoms with van der Waals surface area (Å²) in [7, 11) is 1.94. The van der Waals surface area contributed by atoms with Crippen molar-refractivity contribution in [3.8, 4) is 11.5 Å². The van der Waals surface area contributed by atoms with Gasteiger partial charge < -0.3 is 39.2 Å². The Bertz CT molecular complexity index is 1690. The van der Waals surface area contributed by atoms with Gasteiger partial charge in [-0.15, -0.1) is 0 Å². The first-order valence-electron chi connectivity index (χ1n) is 15.3. The van der Waals surface area contributed by atoms with Crippen molar-refractivity contribution in [1.29, 1.82) is 0 Å². The van der Waals surface area contributed by atoms with Gasteiger partial charge in [0.25, 0.3) is 0 Å². The number of hydrogen-bond donors (Lipinski definition) is 3. The van der Waals surface area contributed by atoms with Gasteiger partial charge in [0.2, 0.25) is 12.2 Å². The Morgan fingerprint density at radius 1 is 1.04 bits per heavy atom. The number of phenols is 1. The van der Waals surface area contributed by atoms with Crippen molar-refractivity contribution >= 4 is 29.7 Å². The third-order valence-corrected chi connectivity index (χ3v) is 9.83. The molecule has 13 nitrogen and oxygen atoms in total. The Morgan fingerprint density at radius 3 is 2.43 bits per heavy atom. The number of phenolic OH excluding ortho intramolecular Hbond substituents is 1. The highest BCUT2D eigenvalue weighted by atomic mass is 16.6. The number of likely N-dealkylation sites (N-methyl/N-ethyl adjacent to an activating group) is 1. The number of aliphatic hydroxyl groups is 1. The molecule has 4 aliphatic rings. The van der Waals surface area contributed by atoms with Crippen LogP contribution in [0.2, 0.25) is 0 Å². The number of ether oxygens (including phenoxy) is 4. The lowest BCUT2D eigenvalue weighted by atomic mass is 9.50. The number of Topliss-reactive ketones (excluding diaryl/α,β-unsaturated/α-hetero) is 1. The van der Waals surface area contributed by atoms with Crippen LogP contribution in [0.5, 0.6) is 11.5 Å². The van der Waals surface area contributed by atoms with Gasteiger partial charge in [0.1, 0.15) is 17.5 Å². The minimum absolute atomic E-state index is 0.0621. The maximum atomic E-state index is 14.0. The topological polar surface area (TPSA) is 186 Å². The predicted octanol–water partition coefficient (Wildman–Crippen LogP) is 2.11. The number of carboxylic acid groups (broad SMARTS) is 1. The Balaban J connectivity index is 1.34. The molecule has 1 saturated heterocycles. The van der Waals surface area contributed by atoms with Crippen molar-refractivity contribution in [2.75, 3.05) is 13.6 Å². The molecule has 7 atom stereocenters. The quantitative estimate of drug-likeness (QED) is 0.251. The SMILES string of the molecule is CC(=O)C[C@@H](C(=O)O[C@H](C(=O)OC1=CC[C@@]2(O)[C@H]3Cc4ccc(O)c5c4[C@@]2(CCN3C)[C@H]1O5)c1ccccc1)[C@@H](OC(C)=O)C(=O)O. The van der Waals surface area contributed by atoms with Crippen LogP contribution < -0.4 is 4.74 Å². The van der Waals surface area contributed by atoms with Gasteiger partial charge >= 0.3 is 23.9 Å². The Labute approximate surface area is 269 Å². The zero-order valence-corrected chi connectivity index (χ0v) is 26.0. The highest BCUT2D eigenvalue weighted by molar-refractivity contribution is 5.90. The van der Waals surface area contributed by atoms with Crippen LogP contribution in [-0.2, 0) is 50.0 Å². The summed E-state index contributed by atoms with van der Waals surface area (Å²) in [4.78, 5) is 65.3. The molecule has 2 bridgehead atoms. The summed E-state index contributed by atoms with van der Waals surface area (Å²) in [6.45, 7) is 2.70. The van der Waals surface area contributed by atoms with Crippen molar-refractivity contribution in [1.82, 2.24) is 4.90 Å². The number of carbonyl (C=O) groups is 5. The molecule has 0 unspecified atom stereocenters. The summed E-state index contributed by atoms with van der Waals surface area (Å²) >= 11 is 0. The Kier molecular flexibility index (Phi) is 8.09. The van der Waals surface area contributed by atoms with E-state index in [1.165, 1.54) is 12.1 Å². The summed E-state index contributed by atoms with van der Waals surface area (Å²) in [6.07, 6.45) is -2.75. The van der Waals surface area contributed by atoms with E-state index in [0.29, 0.717) is 24.9 Å². The molecule has 1 fully saturated rings. The lowest BCUT2D eigenvalue weighted by Crippen LogP contribution is -2.74. The van der Waals surface area contributed by atoms with Gasteiger partial charge in [0.15, 0.2) is 17.6 Å². The summed E-state index contributed by atoms with van der Waals surface area (Å²) in [5, 5.41) is 32.9. The van der Waals surface area contributed by atoms with E-state index < -0.39 is 71.3 Å². The van der Waals surface area contributed by atoms with Crippen LogP contribution in [0.1, 0.15) is 55.9 Å². The van der Waals surface area contributed by atoms with E-state index in [0.717, 1.165) is 19.4 Å². The first-order chi connectivity index (χ1) is 22.3. The van der Waals surface area contributed by atoms with E-state index >= 15 is 0 Å². The summed E-state index contributed by atoms with van der Waals surface area (Å²) in [5.41, 5.74) is -0.548. The molecule has 0 radical (unpaired) electrons. The standard InChI is InChI=1S/C34H35NO12/c1-17(36)15-21(27(30(39)40)44-18(2)37)31(41)47-26(19-7-5-4-6-8-19)32(42)45-23-11-12-34(43)24-16-20-9-10-22(38)28-25(20)33(34,29(23)46-28)13-14-35(24)3/h4-11,21,24,26-27,29,38,43H,12-16H2,1-3H3,(H,39,40)/t21-,24-,26+,27-,29+,33+,34-/m1/s1. The van der Waals surface area contributed by atoms with Gasteiger partial charge in [-0.1, -0.05) is 36.4 Å². The monoisotopic (exact) mass is 649 g/mol. The molecule has 3 N–H and O–H groups in total. The number of carbonyl (C=O) groups excluding carboxylic acids is 4. The van der Waals surface area contributed by atoms with E-state index in [2.05, 4.69) is 4.90 Å². The molecule has 2 aliphatic carbocycles. The van der Waals surface area contributed by atoms with Gasteiger partial charge in [0, 0.05) is 36.9 Å². The molecule has 1 spiro atoms. The van der Waals surface area contributed by atoms with Crippen LogP contribution in [0.3, 0.4) is 0 Å². The molecule has 2 heterocycles. The molecule has 47 heavy (non-hydrogen) atoms. The number of benzene rings is 2. The van der Waals surface area contributed by atoms with E-state index in [1.54, 1.807) is 30.3 Å². The smallest absolute Gasteiger partial charge is 0.357 e. The largest absolute Gasteiger partial charge is 0.504 e. The number of hydrogen-bond acceptors (Lipinski definition) is 12. The van der Waals surface area contributed by atoms with Crippen molar-refractivity contribution in [2.24, 2.45) is 5.92 Å². The molecule has 2 aliphatic heterocycles. The highest BCUT2D eigenvalue weighted by Gasteiger charge is 2.72. The molecule has 248 valence electrons. The summed E-state index contributed by atoms with van der Waals surface area (Å²) in [5.74, 6) is -7.15. The first kappa shape index (κ1) is 32.2. The maximum Gasteiger partial charge on any atom is 0.357 e. The fourth-order valence-corrected chi connectivity index (χ4v) is 7.80. The van der Waals surface area contributed by atoms with Crippen LogP contribution in [0.4, 0.5) is 0 Å². The number of rotatable bonds is 10. The summed E-state index contributed by atoms with van der Waals surface area (Å²) in [6, 6.07) is 11.0. The number of ketones is 1. The number of likely N-dealkylation sites (tertiary alicyclic amines) is 1. The van der Waals surface area contributed by atoms with E-state index in [1.807, 2.05) is 13.1 Å². The number of piperidine rings is 1. The molecule has 6 rings (SSSR count). The van der Waals surface area contributed by atoms with Gasteiger partial charge in [-0.25, -0.2) is 9.59 Å². The van der Waals surface area contributed by atoms with Crippen LogP contribution in [0.15, 0.2) is 54.3 Å². The lowest BCUT2D eigenvalue weighted by Gasteiger charge is -2.61. The minimum Gasteiger partial charge on any atom is -0.504 e. The van der Waals surface area contributed by atoms with Gasteiger partial charge in [0.05, 0.1) is 11.0 Å². The summed E-state index contributed by atoms with van der Waals surface area (Å²) < 4.78 is 22.7. The van der Waals surface area contributed by atoms with E-state index in [9.17, 15) is 39.3 Å². The number of carboxylic acids is 1. The van der Waals surface area contributed by atoms with E-state index in [4.69, 9.17) is 18.9 Å². The van der Waals surface area contributed by atoms with Crippen molar-refractivity contribution in [3.05, 3.63) is 71.0 Å². The normalized spacial score (nSPS) is 27.2. The molecule has 13 heteroatoms. The average molecular weight is 650 g/mol. The second kappa shape index (κ2) is 11.8. The number of aliphatic carboxylic acids is 1. The second-order valence-electron chi connectivity index (χ2n) is 12.6. The molecular formula is C34H35NO12. The minimum atomic E-state index is -2.05. The molecule has 2 aromatic rings. The van der Waals surface area contributed by atoms with Crippen molar-refractivity contribution in [2.45, 2.75) is 74.9 Å². The Morgan fingerprint density at radius 2 is 1.77 bits per heavy atom. The fraction of sp³-hybridized carbons (Fsp3) is 0.441. The fourth-order valence-electron chi connectivity index (χ4n) is 7.80. The van der Waals surface area contributed by atoms with Crippen molar-refractivity contribution < 1.29 is 58.2 Å². The van der Waals surface area contributed by atoms with Gasteiger partial charge in [-0.05, 0) is 51.1 Å². The van der Waals surface area contributed by atoms with Gasteiger partial charge in [-0.2, -0.15) is 0 Å². The maximum absolute atomic E-state index is 14.0. The number of aromatic hydroxyl groups is 1. The average Bonchev–Trinajstić information content (AvgIpc) is 3.38. The third kappa shape index (κ3) is 5.13. The molecular weight excluding hydrogens is 614 g/mol. The second-order valence-corrected chi connectivity index (χ2v) is 12.6. The molecule has 0 amide bonds. The third-order valence-electron chi connectivity index (χ3n) is 9.83. The van der Waals surface area contributed by atoms with Crippen LogP contribution >= 0.6 is 0 Å². The molecule has 0 aromatic heterocycles. The predicted molar refractivity (Wildman–Crippen MR) is 160 cm³/mol. The highest BCUT2D eigenvalue weighted by Crippen LogP contribution is 2.65. The van der Waals surface area contributed by atoms with Crippen LogP contribution in [0.25, 0.3) is 0 Å². The lowest BCUT2D eigenvalue weighted by molar-refractivity contribution is -0.183. The van der Waals surface area contributed by atoms with Gasteiger partial charge in [-0.3, -0.25) is 14.4 Å². The van der Waals surface area contributed by atoms with Crippen LogP contribution in [-0.4, -0.2) is 87.3 Å². The first-order valence-corrected chi connectivity index (χ1v) is 15.3. The van der Waals surface area contributed by atoms with E-state index in [-0.39, 0.29) is 35.3 Å². The van der Waals surface area contributed by atoms with Crippen molar-refractivity contribution in [3.63, 3.8) is 0 Å². The number of esters is 3. The van der Waals surface area contributed by atoms with Crippen LogP contribution in [0, 0.1) is 5.92 Å².